The second-order valence-electron chi connectivity index (χ2n) is 5.17. The molecule has 0 saturated carbocycles. The fourth-order valence-electron chi connectivity index (χ4n) is 3.38. The average molecular weight is 253 g/mol. The van der Waals surface area contributed by atoms with E-state index in [0.29, 0.717) is 6.42 Å². The van der Waals surface area contributed by atoms with Crippen LogP contribution in [0.4, 0.5) is 0 Å². The highest BCUT2D eigenvalue weighted by molar-refractivity contribution is 6.06. The molecule has 0 aliphatic carbocycles. The molecule has 0 aromatic rings. The van der Waals surface area contributed by atoms with Gasteiger partial charge in [0.25, 0.3) is 0 Å². The number of ether oxygens (including phenoxy) is 1. The summed E-state index contributed by atoms with van der Waals surface area (Å²) in [6.45, 7) is 0.219. The number of amides is 2. The Labute approximate surface area is 104 Å². The molecule has 2 bridgehead atoms. The van der Waals surface area contributed by atoms with Gasteiger partial charge in [0.1, 0.15) is 0 Å². The van der Waals surface area contributed by atoms with Gasteiger partial charge >= 0.3 is 5.97 Å². The zero-order valence-corrected chi connectivity index (χ0v) is 9.87. The molecular formula is C12H15NO5. The minimum Gasteiger partial charge on any atom is -0.481 e. The molecular weight excluding hydrogens is 238 g/mol. The maximum atomic E-state index is 12.1. The van der Waals surface area contributed by atoms with Gasteiger partial charge in [0.05, 0.1) is 24.0 Å². The number of fused-ring (bicyclic) bond motifs is 5. The first-order valence-corrected chi connectivity index (χ1v) is 6.32. The van der Waals surface area contributed by atoms with E-state index in [2.05, 4.69) is 0 Å². The highest BCUT2D eigenvalue weighted by Gasteiger charge is 2.62. The third kappa shape index (κ3) is 1.55. The maximum absolute atomic E-state index is 12.1. The van der Waals surface area contributed by atoms with Crippen LogP contribution in [-0.4, -0.2) is 46.5 Å². The van der Waals surface area contributed by atoms with Crippen molar-refractivity contribution >= 4 is 17.8 Å². The van der Waals surface area contributed by atoms with Gasteiger partial charge in [-0.1, -0.05) is 0 Å². The standard InChI is InChI=1S/C12H15NO5/c14-8(15)2-1-5-13-11(16)9-6-3-4-7(18-6)10(9)12(13)17/h6-7,9-10H,1-5H2,(H,14,15)/t6-,7+,9+,10-. The van der Waals surface area contributed by atoms with Crippen molar-refractivity contribution in [2.45, 2.75) is 37.9 Å². The minimum atomic E-state index is -0.905. The molecule has 4 atom stereocenters. The molecule has 3 aliphatic heterocycles. The first-order valence-electron chi connectivity index (χ1n) is 6.32. The molecule has 0 unspecified atom stereocenters. The predicted octanol–water partition coefficient (Wildman–Crippen LogP) is 0.0136. The van der Waals surface area contributed by atoms with Crippen molar-refractivity contribution in [3.05, 3.63) is 0 Å². The molecule has 0 spiro atoms. The Bertz CT molecular complexity index is 393. The Hall–Kier alpha value is -1.43. The lowest BCUT2D eigenvalue weighted by molar-refractivity contribution is -0.144. The second-order valence-corrected chi connectivity index (χ2v) is 5.17. The normalized spacial score (nSPS) is 37.4. The zero-order valence-electron chi connectivity index (χ0n) is 9.87. The number of aliphatic carboxylic acids is 1. The van der Waals surface area contributed by atoms with Gasteiger partial charge in [0.2, 0.25) is 11.8 Å². The van der Waals surface area contributed by atoms with Gasteiger partial charge in [-0.3, -0.25) is 19.3 Å². The molecule has 6 nitrogen and oxygen atoms in total. The van der Waals surface area contributed by atoms with Crippen LogP contribution in [0.3, 0.4) is 0 Å². The van der Waals surface area contributed by atoms with Gasteiger partial charge in [-0.25, -0.2) is 0 Å². The van der Waals surface area contributed by atoms with Crippen molar-refractivity contribution < 1.29 is 24.2 Å². The van der Waals surface area contributed by atoms with Crippen molar-refractivity contribution in [3.63, 3.8) is 0 Å². The summed E-state index contributed by atoms with van der Waals surface area (Å²) in [5, 5.41) is 8.57. The third-order valence-corrected chi connectivity index (χ3v) is 4.15. The van der Waals surface area contributed by atoms with E-state index in [4.69, 9.17) is 9.84 Å². The van der Waals surface area contributed by atoms with Crippen LogP contribution in [-0.2, 0) is 19.1 Å². The van der Waals surface area contributed by atoms with E-state index in [1.165, 1.54) is 4.90 Å². The zero-order chi connectivity index (χ0) is 12.9. The fourth-order valence-corrected chi connectivity index (χ4v) is 3.38. The van der Waals surface area contributed by atoms with E-state index in [1.54, 1.807) is 0 Å². The highest BCUT2D eigenvalue weighted by Crippen LogP contribution is 2.48. The van der Waals surface area contributed by atoms with Crippen LogP contribution in [0.2, 0.25) is 0 Å². The summed E-state index contributed by atoms with van der Waals surface area (Å²) in [5.74, 6) is -1.84. The predicted molar refractivity (Wildman–Crippen MR) is 58.5 cm³/mol. The lowest BCUT2D eigenvalue weighted by Crippen LogP contribution is -2.35. The van der Waals surface area contributed by atoms with Crippen LogP contribution in [0.15, 0.2) is 0 Å². The van der Waals surface area contributed by atoms with Gasteiger partial charge in [-0.15, -0.1) is 0 Å². The summed E-state index contributed by atoms with van der Waals surface area (Å²) in [5.41, 5.74) is 0. The van der Waals surface area contributed by atoms with Crippen molar-refractivity contribution in [2.24, 2.45) is 11.8 Å². The first-order chi connectivity index (χ1) is 8.59. The van der Waals surface area contributed by atoms with Gasteiger partial charge < -0.3 is 9.84 Å². The lowest BCUT2D eigenvalue weighted by Gasteiger charge is -2.16. The Morgan fingerprint density at radius 3 is 2.28 bits per heavy atom. The Morgan fingerprint density at radius 1 is 1.22 bits per heavy atom. The molecule has 3 rings (SSSR count). The molecule has 1 N–H and O–H groups in total. The molecule has 3 fully saturated rings. The number of hydrogen-bond donors (Lipinski definition) is 1. The number of hydrogen-bond acceptors (Lipinski definition) is 4. The monoisotopic (exact) mass is 253 g/mol. The van der Waals surface area contributed by atoms with Gasteiger partial charge in [-0.2, -0.15) is 0 Å². The van der Waals surface area contributed by atoms with E-state index in [9.17, 15) is 14.4 Å². The van der Waals surface area contributed by atoms with Crippen LogP contribution in [0, 0.1) is 11.8 Å². The van der Waals surface area contributed by atoms with E-state index in [1.807, 2.05) is 0 Å². The molecule has 0 radical (unpaired) electrons. The van der Waals surface area contributed by atoms with E-state index in [0.717, 1.165) is 12.8 Å². The average Bonchev–Trinajstić information content (AvgIpc) is 2.97. The SMILES string of the molecule is O=C(O)CCCN1C(=O)[C@@H]2[C@H](C1=O)[C@@H]1CC[C@H]2O1. The summed E-state index contributed by atoms with van der Waals surface area (Å²) in [6.07, 6.45) is 1.82. The number of carboxylic acids is 1. The Balaban J connectivity index is 1.69. The van der Waals surface area contributed by atoms with E-state index >= 15 is 0 Å². The third-order valence-electron chi connectivity index (χ3n) is 4.15. The van der Waals surface area contributed by atoms with Crippen molar-refractivity contribution in [1.82, 2.24) is 4.90 Å². The molecule has 3 saturated heterocycles. The number of rotatable bonds is 4. The molecule has 0 aromatic heterocycles. The molecule has 3 aliphatic rings. The summed E-state index contributed by atoms with van der Waals surface area (Å²) >= 11 is 0. The molecule has 18 heavy (non-hydrogen) atoms. The number of carbonyl (C=O) groups is 3. The minimum absolute atomic E-state index is 0.0181. The van der Waals surface area contributed by atoms with Crippen LogP contribution in [0.5, 0.6) is 0 Å². The highest BCUT2D eigenvalue weighted by atomic mass is 16.5. The summed E-state index contributed by atoms with van der Waals surface area (Å²) < 4.78 is 5.61. The number of likely N-dealkylation sites (tertiary alicyclic amines) is 1. The molecule has 3 heterocycles. The van der Waals surface area contributed by atoms with E-state index < -0.39 is 5.97 Å². The van der Waals surface area contributed by atoms with E-state index in [-0.39, 0.29) is 48.8 Å². The largest absolute Gasteiger partial charge is 0.481 e. The van der Waals surface area contributed by atoms with Crippen LogP contribution in [0.25, 0.3) is 0 Å². The summed E-state index contributed by atoms with van der Waals surface area (Å²) in [6, 6.07) is 0. The number of carbonyl (C=O) groups excluding carboxylic acids is 2. The smallest absolute Gasteiger partial charge is 0.303 e. The Kier molecular flexibility index (Phi) is 2.62. The van der Waals surface area contributed by atoms with Crippen molar-refractivity contribution in [3.8, 4) is 0 Å². The fraction of sp³-hybridized carbons (Fsp3) is 0.750. The van der Waals surface area contributed by atoms with Crippen molar-refractivity contribution in [2.75, 3.05) is 6.54 Å². The van der Waals surface area contributed by atoms with Gasteiger partial charge in [0, 0.05) is 13.0 Å². The molecule has 2 amide bonds. The van der Waals surface area contributed by atoms with Gasteiger partial charge in [-0.05, 0) is 19.3 Å². The van der Waals surface area contributed by atoms with Gasteiger partial charge in [0.15, 0.2) is 0 Å². The molecule has 98 valence electrons. The molecule has 0 aromatic carbocycles. The maximum Gasteiger partial charge on any atom is 0.303 e. The van der Waals surface area contributed by atoms with Crippen LogP contribution in [0.1, 0.15) is 25.7 Å². The first kappa shape index (κ1) is 11.6. The topological polar surface area (TPSA) is 83.9 Å². The summed E-state index contributed by atoms with van der Waals surface area (Å²) in [7, 11) is 0. The summed E-state index contributed by atoms with van der Waals surface area (Å²) in [4.78, 5) is 36.0. The number of carboxylic acid groups (broad SMARTS) is 1. The lowest BCUT2D eigenvalue weighted by atomic mass is 9.81. The van der Waals surface area contributed by atoms with Crippen LogP contribution >= 0.6 is 0 Å². The van der Waals surface area contributed by atoms with Crippen LogP contribution < -0.4 is 0 Å². The van der Waals surface area contributed by atoms with Crippen molar-refractivity contribution in [1.29, 1.82) is 0 Å². The molecule has 6 heteroatoms. The quantitative estimate of drug-likeness (QED) is 0.714. The number of imide groups is 1. The second kappa shape index (κ2) is 4.05. The Morgan fingerprint density at radius 2 is 1.78 bits per heavy atom. The number of nitrogens with zero attached hydrogens (tertiary/aromatic N) is 1.